The van der Waals surface area contributed by atoms with Crippen molar-refractivity contribution in [2.45, 2.75) is 17.2 Å². The molecule has 1 atom stereocenters. The van der Waals surface area contributed by atoms with Gasteiger partial charge in [0.25, 0.3) is 17.7 Å². The summed E-state index contributed by atoms with van der Waals surface area (Å²) in [5.74, 6) is -1.85. The number of carbonyl (C=O) groups is 3. The van der Waals surface area contributed by atoms with Crippen molar-refractivity contribution in [1.29, 1.82) is 0 Å². The third-order valence-electron chi connectivity index (χ3n) is 5.76. The van der Waals surface area contributed by atoms with Crippen molar-refractivity contribution in [3.63, 3.8) is 0 Å². The molecule has 3 amide bonds. The number of furan rings is 1. The van der Waals surface area contributed by atoms with Gasteiger partial charge in [0.05, 0.1) is 11.2 Å². The minimum Gasteiger partial charge on any atom is -0.459 e. The average Bonchev–Trinajstić information content (AvgIpc) is 3.42. The van der Waals surface area contributed by atoms with Crippen molar-refractivity contribution in [2.24, 2.45) is 0 Å². The number of hydrogen-bond acceptors (Lipinski definition) is 6. The van der Waals surface area contributed by atoms with Crippen LogP contribution in [0.4, 0.5) is 0 Å². The fourth-order valence-electron chi connectivity index (χ4n) is 3.87. The standard InChI is InChI=1S/C25H25N3O6S/c1-18-7-5-8-19(17-18)24(30)27-12-14-28(15-13-27)25(31)23(26-22(29)21-11-6-16-34-21)35(32,33)20-9-3-2-4-10-20/h2-11,16-17,23H,12-15H2,1H3,(H,26,29)/t23-/m0/s1. The van der Waals surface area contributed by atoms with Gasteiger partial charge in [0.1, 0.15) is 0 Å². The Morgan fingerprint density at radius 1 is 0.886 bits per heavy atom. The van der Waals surface area contributed by atoms with Gasteiger partial charge in [0, 0.05) is 31.7 Å². The van der Waals surface area contributed by atoms with Crippen LogP contribution in [0, 0.1) is 6.92 Å². The number of carbonyl (C=O) groups excluding carboxylic acids is 3. The van der Waals surface area contributed by atoms with Crippen molar-refractivity contribution < 1.29 is 27.2 Å². The molecule has 0 radical (unpaired) electrons. The molecule has 0 unspecified atom stereocenters. The summed E-state index contributed by atoms with van der Waals surface area (Å²) in [6.45, 7) is 2.64. The van der Waals surface area contributed by atoms with Gasteiger partial charge in [-0.1, -0.05) is 35.9 Å². The van der Waals surface area contributed by atoms with E-state index in [0.717, 1.165) is 5.56 Å². The second-order valence-electron chi connectivity index (χ2n) is 8.18. The smallest absolute Gasteiger partial charge is 0.288 e. The first-order valence-electron chi connectivity index (χ1n) is 11.1. The number of sulfone groups is 1. The Morgan fingerprint density at radius 2 is 1.57 bits per heavy atom. The van der Waals surface area contributed by atoms with Gasteiger partial charge in [-0.25, -0.2) is 8.42 Å². The maximum Gasteiger partial charge on any atom is 0.288 e. The molecular weight excluding hydrogens is 470 g/mol. The Labute approximate surface area is 203 Å². The first-order chi connectivity index (χ1) is 16.8. The Kier molecular flexibility index (Phi) is 7.02. The Hall–Kier alpha value is -3.92. The summed E-state index contributed by atoms with van der Waals surface area (Å²) in [6.07, 6.45) is 1.28. The van der Waals surface area contributed by atoms with Crippen LogP contribution >= 0.6 is 0 Å². The molecule has 0 bridgehead atoms. The number of piperazine rings is 1. The molecule has 3 aromatic rings. The SMILES string of the molecule is Cc1cccc(C(=O)N2CCN(C(=O)[C@@H](NC(=O)c3ccco3)S(=O)(=O)c3ccccc3)CC2)c1. The molecule has 1 aliphatic heterocycles. The molecule has 10 heteroatoms. The Morgan fingerprint density at radius 3 is 2.20 bits per heavy atom. The minimum atomic E-state index is -4.26. The van der Waals surface area contributed by atoms with Crippen molar-refractivity contribution in [3.05, 3.63) is 89.9 Å². The Bertz CT molecular complexity index is 1310. The van der Waals surface area contributed by atoms with Crippen LogP contribution < -0.4 is 5.32 Å². The van der Waals surface area contributed by atoms with E-state index in [1.54, 1.807) is 35.2 Å². The lowest BCUT2D eigenvalue weighted by Gasteiger charge is -2.36. The van der Waals surface area contributed by atoms with Crippen molar-refractivity contribution >= 4 is 27.6 Å². The van der Waals surface area contributed by atoms with Gasteiger partial charge in [-0.15, -0.1) is 0 Å². The number of nitrogens with zero attached hydrogens (tertiary/aromatic N) is 2. The van der Waals surface area contributed by atoms with Gasteiger partial charge < -0.3 is 19.5 Å². The van der Waals surface area contributed by atoms with E-state index in [2.05, 4.69) is 5.32 Å². The summed E-state index contributed by atoms with van der Waals surface area (Å²) < 4.78 is 31.8. The third-order valence-corrected chi connectivity index (χ3v) is 7.63. The molecule has 9 nitrogen and oxygen atoms in total. The number of nitrogens with one attached hydrogen (secondary N) is 1. The highest BCUT2D eigenvalue weighted by Gasteiger charge is 2.40. The van der Waals surface area contributed by atoms with Crippen LogP contribution in [0.25, 0.3) is 0 Å². The summed E-state index contributed by atoms with van der Waals surface area (Å²) in [5, 5.41) is 0.483. The number of hydrogen-bond donors (Lipinski definition) is 1. The van der Waals surface area contributed by atoms with Crippen LogP contribution in [0.5, 0.6) is 0 Å². The molecule has 2 heterocycles. The summed E-state index contributed by atoms with van der Waals surface area (Å²) >= 11 is 0. The van der Waals surface area contributed by atoms with E-state index in [1.807, 2.05) is 19.1 Å². The van der Waals surface area contributed by atoms with E-state index in [0.29, 0.717) is 5.56 Å². The first-order valence-corrected chi connectivity index (χ1v) is 12.6. The molecular formula is C25H25N3O6S. The average molecular weight is 496 g/mol. The van der Waals surface area contributed by atoms with E-state index in [4.69, 9.17) is 4.42 Å². The third kappa shape index (κ3) is 5.27. The number of benzene rings is 2. The molecule has 2 aromatic carbocycles. The van der Waals surface area contributed by atoms with E-state index >= 15 is 0 Å². The highest BCUT2D eigenvalue weighted by atomic mass is 32.2. The molecule has 1 aliphatic rings. The van der Waals surface area contributed by atoms with Gasteiger partial charge in [-0.2, -0.15) is 0 Å². The van der Waals surface area contributed by atoms with E-state index in [9.17, 15) is 22.8 Å². The molecule has 1 fully saturated rings. The lowest BCUT2D eigenvalue weighted by atomic mass is 10.1. The van der Waals surface area contributed by atoms with Crippen LogP contribution in [0.15, 0.2) is 82.3 Å². The number of amides is 3. The van der Waals surface area contributed by atoms with Gasteiger partial charge in [0.15, 0.2) is 5.76 Å². The van der Waals surface area contributed by atoms with Crippen LogP contribution in [0.2, 0.25) is 0 Å². The maximum atomic E-state index is 13.4. The zero-order valence-electron chi connectivity index (χ0n) is 19.1. The van der Waals surface area contributed by atoms with Crippen LogP contribution in [-0.2, 0) is 14.6 Å². The van der Waals surface area contributed by atoms with Gasteiger partial charge in [-0.3, -0.25) is 14.4 Å². The summed E-state index contributed by atoms with van der Waals surface area (Å²) in [4.78, 5) is 41.8. The van der Waals surface area contributed by atoms with E-state index < -0.39 is 27.0 Å². The molecule has 1 N–H and O–H groups in total. The van der Waals surface area contributed by atoms with Crippen molar-refractivity contribution in [2.75, 3.05) is 26.2 Å². The number of aryl methyl sites for hydroxylation is 1. The minimum absolute atomic E-state index is 0.0913. The predicted octanol–water partition coefficient (Wildman–Crippen LogP) is 2.10. The van der Waals surface area contributed by atoms with E-state index in [1.165, 1.54) is 35.4 Å². The molecule has 1 aromatic heterocycles. The molecule has 0 saturated carbocycles. The zero-order chi connectivity index (χ0) is 25.0. The van der Waals surface area contributed by atoms with Crippen LogP contribution in [-0.4, -0.2) is 67.5 Å². The number of rotatable bonds is 6. The van der Waals surface area contributed by atoms with Gasteiger partial charge in [0.2, 0.25) is 15.2 Å². The predicted molar refractivity (Wildman–Crippen MR) is 127 cm³/mol. The molecule has 1 saturated heterocycles. The van der Waals surface area contributed by atoms with E-state index in [-0.39, 0.29) is 42.7 Å². The van der Waals surface area contributed by atoms with Gasteiger partial charge >= 0.3 is 0 Å². The fourth-order valence-corrected chi connectivity index (χ4v) is 5.36. The summed E-state index contributed by atoms with van der Waals surface area (Å²) in [5.41, 5.74) is 1.52. The molecule has 4 rings (SSSR count). The largest absolute Gasteiger partial charge is 0.459 e. The fraction of sp³-hybridized carbons (Fsp3) is 0.240. The van der Waals surface area contributed by atoms with Crippen LogP contribution in [0.1, 0.15) is 26.5 Å². The molecule has 0 aliphatic carbocycles. The molecule has 0 spiro atoms. The Balaban J connectivity index is 1.52. The zero-order valence-corrected chi connectivity index (χ0v) is 19.9. The second kappa shape index (κ2) is 10.1. The lowest BCUT2D eigenvalue weighted by Crippen LogP contribution is -2.57. The van der Waals surface area contributed by atoms with Crippen LogP contribution in [0.3, 0.4) is 0 Å². The quantitative estimate of drug-likeness (QED) is 0.560. The second-order valence-corrected chi connectivity index (χ2v) is 10.2. The van der Waals surface area contributed by atoms with Crippen molar-refractivity contribution in [1.82, 2.24) is 15.1 Å². The molecule has 35 heavy (non-hydrogen) atoms. The maximum absolute atomic E-state index is 13.4. The van der Waals surface area contributed by atoms with Crippen molar-refractivity contribution in [3.8, 4) is 0 Å². The summed E-state index contributed by atoms with van der Waals surface area (Å²) in [6, 6.07) is 17.6. The highest BCUT2D eigenvalue weighted by molar-refractivity contribution is 7.92. The molecule has 182 valence electrons. The highest BCUT2D eigenvalue weighted by Crippen LogP contribution is 2.19. The monoisotopic (exact) mass is 495 g/mol. The summed E-state index contributed by atoms with van der Waals surface area (Å²) in [7, 11) is -4.26. The normalized spacial score (nSPS) is 14.9. The first kappa shape index (κ1) is 24.2. The van der Waals surface area contributed by atoms with Gasteiger partial charge in [-0.05, 0) is 43.3 Å². The lowest BCUT2D eigenvalue weighted by molar-refractivity contribution is -0.132. The topological polar surface area (TPSA) is 117 Å².